The Labute approximate surface area is 158 Å². The van der Waals surface area contributed by atoms with E-state index in [0.29, 0.717) is 5.56 Å². The van der Waals surface area contributed by atoms with E-state index in [1.807, 2.05) is 0 Å². The van der Waals surface area contributed by atoms with Crippen molar-refractivity contribution in [3.05, 3.63) is 41.7 Å². The topological polar surface area (TPSA) is 84.1 Å². The highest BCUT2D eigenvalue weighted by Gasteiger charge is 2.50. The molecule has 2 aromatic rings. The van der Waals surface area contributed by atoms with Gasteiger partial charge in [-0.1, -0.05) is 25.0 Å². The molecule has 1 aromatic heterocycles. The zero-order valence-electron chi connectivity index (χ0n) is 14.8. The molecule has 1 saturated carbocycles. The zero-order chi connectivity index (χ0) is 19.9. The number of amides is 1. The number of hydrogen-bond donors (Lipinski definition) is 2. The average Bonchev–Trinajstić information content (AvgIpc) is 3.36. The number of hydrogen-bond acceptors (Lipinski definition) is 4. The quantitative estimate of drug-likeness (QED) is 0.783. The fraction of sp³-hybridized carbons (Fsp3) is 0.421. The third-order valence-corrected chi connectivity index (χ3v) is 5.40. The molecule has 1 saturated heterocycles. The number of carbonyl (C=O) groups is 2. The van der Waals surface area contributed by atoms with Gasteiger partial charge in [0.2, 0.25) is 5.91 Å². The van der Waals surface area contributed by atoms with E-state index in [4.69, 9.17) is 4.74 Å². The fourth-order valence-corrected chi connectivity index (χ4v) is 3.96. The van der Waals surface area contributed by atoms with Crippen LogP contribution < -0.4 is 5.32 Å². The predicted octanol–water partition coefficient (Wildman–Crippen LogP) is 3.45. The third kappa shape index (κ3) is 3.36. The number of esters is 1. The molecule has 2 fully saturated rings. The standard InChI is InChI=1S/C19H18F3N3O3/c20-19(21,22)12-5-3-11(4-6-12)16-23-10-13(24-16)17(27)28-14-9-15(26)25-18(14)7-1-2-8-18/h3-6,10,14H,1-2,7-9H2,(H,23,24)(H,25,26). The Morgan fingerprint density at radius 3 is 2.50 bits per heavy atom. The highest BCUT2D eigenvalue weighted by Crippen LogP contribution is 2.39. The molecule has 6 nitrogen and oxygen atoms in total. The maximum Gasteiger partial charge on any atom is 0.416 e. The van der Waals surface area contributed by atoms with Crippen LogP contribution in [0.15, 0.2) is 30.5 Å². The Morgan fingerprint density at radius 1 is 1.18 bits per heavy atom. The van der Waals surface area contributed by atoms with Crippen molar-refractivity contribution in [1.82, 2.24) is 15.3 Å². The van der Waals surface area contributed by atoms with Crippen LogP contribution in [0, 0.1) is 0 Å². The second-order valence-electron chi connectivity index (χ2n) is 7.23. The first-order valence-corrected chi connectivity index (χ1v) is 9.01. The van der Waals surface area contributed by atoms with Crippen LogP contribution in [0.2, 0.25) is 0 Å². The van der Waals surface area contributed by atoms with Crippen LogP contribution in [0.3, 0.4) is 0 Å². The van der Waals surface area contributed by atoms with E-state index in [1.165, 1.54) is 18.3 Å². The Bertz CT molecular complexity index is 899. The number of halogens is 3. The summed E-state index contributed by atoms with van der Waals surface area (Å²) in [5.74, 6) is -0.509. The van der Waals surface area contributed by atoms with E-state index in [2.05, 4.69) is 15.3 Å². The largest absolute Gasteiger partial charge is 0.455 e. The Morgan fingerprint density at radius 2 is 1.86 bits per heavy atom. The summed E-state index contributed by atoms with van der Waals surface area (Å²) < 4.78 is 43.6. The second kappa shape index (κ2) is 6.65. The van der Waals surface area contributed by atoms with Gasteiger partial charge in [0.1, 0.15) is 17.6 Å². The van der Waals surface area contributed by atoms with Gasteiger partial charge in [-0.25, -0.2) is 9.78 Å². The molecule has 0 bridgehead atoms. The lowest BCUT2D eigenvalue weighted by Gasteiger charge is -2.29. The van der Waals surface area contributed by atoms with Crippen LogP contribution in [-0.2, 0) is 15.7 Å². The molecule has 0 radical (unpaired) electrons. The number of aromatic amines is 1. The predicted molar refractivity (Wildman–Crippen MR) is 92.2 cm³/mol. The lowest BCUT2D eigenvalue weighted by Crippen LogP contribution is -2.47. The Kier molecular flexibility index (Phi) is 4.40. The van der Waals surface area contributed by atoms with Gasteiger partial charge in [-0.3, -0.25) is 4.79 Å². The van der Waals surface area contributed by atoms with Gasteiger partial charge in [-0.15, -0.1) is 0 Å². The molecule has 148 valence electrons. The molecule has 1 unspecified atom stereocenters. The van der Waals surface area contributed by atoms with Crippen LogP contribution >= 0.6 is 0 Å². The van der Waals surface area contributed by atoms with Crippen molar-refractivity contribution in [2.45, 2.75) is 49.9 Å². The summed E-state index contributed by atoms with van der Waals surface area (Å²) in [6, 6.07) is 4.47. The number of rotatable bonds is 3. The van der Waals surface area contributed by atoms with E-state index in [0.717, 1.165) is 37.8 Å². The van der Waals surface area contributed by atoms with Gasteiger partial charge in [0, 0.05) is 5.56 Å². The molecule has 1 spiro atoms. The minimum absolute atomic E-state index is 0.0855. The zero-order valence-corrected chi connectivity index (χ0v) is 14.8. The Balaban J connectivity index is 1.48. The number of carbonyl (C=O) groups excluding carboxylic acids is 2. The fourth-order valence-electron chi connectivity index (χ4n) is 3.96. The molecular formula is C19H18F3N3O3. The normalized spacial score (nSPS) is 21.1. The summed E-state index contributed by atoms with van der Waals surface area (Å²) in [5, 5.41) is 2.95. The van der Waals surface area contributed by atoms with Gasteiger partial charge in [0.25, 0.3) is 0 Å². The SMILES string of the molecule is O=C1CC(OC(=O)c2cnc(-c3ccc(C(F)(F)F)cc3)[nH]2)C2(CCCC2)N1. The molecule has 9 heteroatoms. The first-order valence-electron chi connectivity index (χ1n) is 9.01. The molecule has 2 heterocycles. The van der Waals surface area contributed by atoms with Crippen molar-refractivity contribution in [3.63, 3.8) is 0 Å². The van der Waals surface area contributed by atoms with E-state index in [-0.39, 0.29) is 23.8 Å². The molecule has 2 N–H and O–H groups in total. The highest BCUT2D eigenvalue weighted by molar-refractivity contribution is 5.89. The highest BCUT2D eigenvalue weighted by atomic mass is 19.4. The van der Waals surface area contributed by atoms with Gasteiger partial charge in [-0.05, 0) is 25.0 Å². The van der Waals surface area contributed by atoms with Gasteiger partial charge in [-0.2, -0.15) is 13.2 Å². The first-order chi connectivity index (χ1) is 13.3. The summed E-state index contributed by atoms with van der Waals surface area (Å²) >= 11 is 0. The van der Waals surface area contributed by atoms with Crippen LogP contribution in [0.1, 0.15) is 48.2 Å². The maximum atomic E-state index is 12.7. The van der Waals surface area contributed by atoms with Crippen molar-refractivity contribution >= 4 is 11.9 Å². The van der Waals surface area contributed by atoms with Crippen molar-refractivity contribution in [2.24, 2.45) is 0 Å². The van der Waals surface area contributed by atoms with Gasteiger partial charge in [0.15, 0.2) is 0 Å². The summed E-state index contributed by atoms with van der Waals surface area (Å²) in [6.07, 6.45) is -0.0563. The van der Waals surface area contributed by atoms with Crippen molar-refractivity contribution < 1.29 is 27.5 Å². The summed E-state index contributed by atoms with van der Waals surface area (Å²) in [6.45, 7) is 0. The van der Waals surface area contributed by atoms with Crippen LogP contribution in [0.4, 0.5) is 13.2 Å². The molecule has 2 aliphatic rings. The number of nitrogens with zero attached hydrogens (tertiary/aromatic N) is 1. The van der Waals surface area contributed by atoms with Crippen LogP contribution in [-0.4, -0.2) is 33.5 Å². The molecule has 4 rings (SSSR count). The minimum Gasteiger partial charge on any atom is -0.455 e. The average molecular weight is 393 g/mol. The molecule has 1 aliphatic carbocycles. The summed E-state index contributed by atoms with van der Waals surface area (Å²) in [5.41, 5.74) is -0.745. The van der Waals surface area contributed by atoms with Crippen LogP contribution in [0.5, 0.6) is 0 Å². The summed E-state index contributed by atoms with van der Waals surface area (Å²) in [4.78, 5) is 31.2. The van der Waals surface area contributed by atoms with Crippen LogP contribution in [0.25, 0.3) is 11.4 Å². The number of ether oxygens (including phenoxy) is 1. The van der Waals surface area contributed by atoms with Gasteiger partial charge < -0.3 is 15.0 Å². The molecular weight excluding hydrogens is 375 g/mol. The van der Waals surface area contributed by atoms with Gasteiger partial charge >= 0.3 is 12.1 Å². The van der Waals surface area contributed by atoms with E-state index in [1.54, 1.807) is 0 Å². The second-order valence-corrected chi connectivity index (χ2v) is 7.23. The number of aromatic nitrogens is 2. The lowest BCUT2D eigenvalue weighted by molar-refractivity contribution is -0.137. The minimum atomic E-state index is -4.42. The molecule has 1 aliphatic heterocycles. The van der Waals surface area contributed by atoms with Gasteiger partial charge in [0.05, 0.1) is 23.7 Å². The molecule has 28 heavy (non-hydrogen) atoms. The smallest absolute Gasteiger partial charge is 0.416 e. The monoisotopic (exact) mass is 393 g/mol. The van der Waals surface area contributed by atoms with E-state index < -0.39 is 29.4 Å². The summed E-state index contributed by atoms with van der Waals surface area (Å²) in [7, 11) is 0. The van der Waals surface area contributed by atoms with Crippen molar-refractivity contribution in [3.8, 4) is 11.4 Å². The lowest BCUT2D eigenvalue weighted by atomic mass is 9.92. The molecule has 1 atom stereocenters. The number of alkyl halides is 3. The Hall–Kier alpha value is -2.84. The van der Waals surface area contributed by atoms with Crippen molar-refractivity contribution in [1.29, 1.82) is 0 Å². The van der Waals surface area contributed by atoms with E-state index >= 15 is 0 Å². The number of imidazole rings is 1. The molecule has 1 amide bonds. The first kappa shape index (κ1) is 18.5. The number of benzene rings is 1. The third-order valence-electron chi connectivity index (χ3n) is 5.40. The molecule has 1 aromatic carbocycles. The maximum absolute atomic E-state index is 12.7. The van der Waals surface area contributed by atoms with E-state index in [9.17, 15) is 22.8 Å². The number of H-pyrrole nitrogens is 1. The van der Waals surface area contributed by atoms with Crippen molar-refractivity contribution in [2.75, 3.05) is 0 Å². The number of nitrogens with one attached hydrogen (secondary N) is 2.